The van der Waals surface area contributed by atoms with E-state index in [4.69, 9.17) is 5.11 Å². The highest BCUT2D eigenvalue weighted by molar-refractivity contribution is 7.89. The van der Waals surface area contributed by atoms with E-state index in [2.05, 4.69) is 9.88 Å². The smallest absolute Gasteiger partial charge is 0.407 e. The molecular formula is C17H22N4O5S2. The van der Waals surface area contributed by atoms with E-state index in [1.807, 2.05) is 0 Å². The van der Waals surface area contributed by atoms with E-state index in [9.17, 15) is 18.0 Å². The molecule has 28 heavy (non-hydrogen) atoms. The summed E-state index contributed by atoms with van der Waals surface area (Å²) in [6.45, 7) is 3.24. The van der Waals surface area contributed by atoms with Gasteiger partial charge in [0.2, 0.25) is 10.0 Å². The number of carbonyl (C=O) groups is 1. The summed E-state index contributed by atoms with van der Waals surface area (Å²) in [4.78, 5) is 28.9. The van der Waals surface area contributed by atoms with Crippen LogP contribution in [-0.2, 0) is 10.0 Å². The molecule has 0 bridgehead atoms. The van der Waals surface area contributed by atoms with Gasteiger partial charge in [0, 0.05) is 45.3 Å². The number of carboxylic acid groups (broad SMARTS) is 1. The number of piperazine rings is 1. The minimum absolute atomic E-state index is 0.201. The first-order valence-corrected chi connectivity index (χ1v) is 11.5. The lowest BCUT2D eigenvalue weighted by atomic mass is 10.0. The first-order valence-electron chi connectivity index (χ1n) is 9.19. The van der Waals surface area contributed by atoms with E-state index in [0.717, 1.165) is 24.2 Å². The molecule has 2 fully saturated rings. The Bertz CT molecular complexity index is 1030. The molecule has 1 aromatic carbocycles. The summed E-state index contributed by atoms with van der Waals surface area (Å²) in [5.74, 6) is 0. The molecule has 0 atom stereocenters. The standard InChI is InChI=1S/C17H22N4O5S2/c22-16-18-14-2-1-13(11-15(14)27-16)28(25,26)21-5-3-12(4-6-21)19-7-9-20(10-8-19)17(23)24/h1-2,11-12H,3-10H2,(H,18,22)(H,23,24). The molecule has 152 valence electrons. The fourth-order valence-electron chi connectivity index (χ4n) is 3.96. The molecule has 1 aromatic heterocycles. The highest BCUT2D eigenvalue weighted by Crippen LogP contribution is 2.26. The number of rotatable bonds is 3. The van der Waals surface area contributed by atoms with Gasteiger partial charge in [-0.3, -0.25) is 9.69 Å². The molecule has 0 aliphatic carbocycles. The molecule has 0 unspecified atom stereocenters. The Morgan fingerprint density at radius 1 is 1.11 bits per heavy atom. The van der Waals surface area contributed by atoms with Gasteiger partial charge in [0.05, 0.1) is 15.1 Å². The number of nitrogens with zero attached hydrogens (tertiary/aromatic N) is 3. The number of benzene rings is 1. The van der Waals surface area contributed by atoms with E-state index >= 15 is 0 Å². The number of H-pyrrole nitrogens is 1. The van der Waals surface area contributed by atoms with Crippen molar-refractivity contribution in [2.45, 2.75) is 23.8 Å². The van der Waals surface area contributed by atoms with Crippen molar-refractivity contribution in [3.8, 4) is 0 Å². The number of aromatic nitrogens is 1. The van der Waals surface area contributed by atoms with E-state index in [0.29, 0.717) is 49.5 Å². The van der Waals surface area contributed by atoms with Gasteiger partial charge < -0.3 is 15.0 Å². The first-order chi connectivity index (χ1) is 13.3. The molecule has 0 saturated carbocycles. The van der Waals surface area contributed by atoms with E-state index in [1.165, 1.54) is 15.3 Å². The number of sulfonamides is 1. The molecule has 4 rings (SSSR count). The minimum Gasteiger partial charge on any atom is -0.465 e. The van der Waals surface area contributed by atoms with Crippen molar-refractivity contribution < 1.29 is 18.3 Å². The van der Waals surface area contributed by atoms with Gasteiger partial charge >= 0.3 is 11.0 Å². The lowest BCUT2D eigenvalue weighted by Gasteiger charge is -2.41. The minimum atomic E-state index is -3.60. The van der Waals surface area contributed by atoms with Crippen LogP contribution >= 0.6 is 11.3 Å². The molecule has 2 aliphatic heterocycles. The van der Waals surface area contributed by atoms with Crippen LogP contribution in [0.4, 0.5) is 4.79 Å². The molecule has 2 saturated heterocycles. The highest BCUT2D eigenvalue weighted by atomic mass is 32.2. The van der Waals surface area contributed by atoms with Crippen molar-refractivity contribution in [2.75, 3.05) is 39.3 Å². The number of amides is 1. The fraction of sp³-hybridized carbons (Fsp3) is 0.529. The van der Waals surface area contributed by atoms with Crippen LogP contribution < -0.4 is 4.87 Å². The quantitative estimate of drug-likeness (QED) is 0.758. The van der Waals surface area contributed by atoms with Gasteiger partial charge in [-0.1, -0.05) is 11.3 Å². The van der Waals surface area contributed by atoms with Gasteiger partial charge in [0.1, 0.15) is 0 Å². The Labute approximate surface area is 166 Å². The van der Waals surface area contributed by atoms with Gasteiger partial charge in [-0.25, -0.2) is 13.2 Å². The number of hydrogen-bond donors (Lipinski definition) is 2. The van der Waals surface area contributed by atoms with Crippen molar-refractivity contribution in [3.63, 3.8) is 0 Å². The highest BCUT2D eigenvalue weighted by Gasteiger charge is 2.33. The number of thiazole rings is 1. The van der Waals surface area contributed by atoms with Gasteiger partial charge in [0.15, 0.2) is 0 Å². The lowest BCUT2D eigenvalue weighted by Crippen LogP contribution is -2.54. The Balaban J connectivity index is 1.41. The van der Waals surface area contributed by atoms with Crippen molar-refractivity contribution in [2.24, 2.45) is 0 Å². The Morgan fingerprint density at radius 3 is 2.43 bits per heavy atom. The molecular weight excluding hydrogens is 404 g/mol. The number of fused-ring (bicyclic) bond motifs is 1. The fourth-order valence-corrected chi connectivity index (χ4v) is 6.31. The van der Waals surface area contributed by atoms with Crippen LogP contribution in [0.3, 0.4) is 0 Å². The van der Waals surface area contributed by atoms with Crippen LogP contribution in [-0.4, -0.2) is 84.0 Å². The zero-order chi connectivity index (χ0) is 19.9. The van der Waals surface area contributed by atoms with E-state index in [1.54, 1.807) is 12.1 Å². The average Bonchev–Trinajstić information content (AvgIpc) is 3.07. The van der Waals surface area contributed by atoms with Crippen molar-refractivity contribution in [3.05, 3.63) is 27.9 Å². The van der Waals surface area contributed by atoms with Crippen LogP contribution in [0.25, 0.3) is 10.2 Å². The van der Waals surface area contributed by atoms with Crippen molar-refractivity contribution >= 4 is 37.7 Å². The monoisotopic (exact) mass is 426 g/mol. The lowest BCUT2D eigenvalue weighted by molar-refractivity contribution is 0.0684. The summed E-state index contributed by atoms with van der Waals surface area (Å²) in [5.41, 5.74) is 0.646. The van der Waals surface area contributed by atoms with Crippen LogP contribution in [0.15, 0.2) is 27.9 Å². The molecule has 0 radical (unpaired) electrons. The summed E-state index contributed by atoms with van der Waals surface area (Å²) in [6, 6.07) is 5.01. The first kappa shape index (κ1) is 19.4. The molecule has 2 N–H and O–H groups in total. The zero-order valence-corrected chi connectivity index (χ0v) is 16.8. The normalized spacial score (nSPS) is 20.6. The number of hydrogen-bond acceptors (Lipinski definition) is 6. The topological polar surface area (TPSA) is 114 Å². The van der Waals surface area contributed by atoms with Gasteiger partial charge in [-0.05, 0) is 31.0 Å². The van der Waals surface area contributed by atoms with E-state index < -0.39 is 16.1 Å². The molecule has 3 heterocycles. The van der Waals surface area contributed by atoms with Crippen LogP contribution in [0.5, 0.6) is 0 Å². The number of aromatic amines is 1. The predicted octanol–water partition coefficient (Wildman–Crippen LogP) is 1.04. The average molecular weight is 427 g/mol. The van der Waals surface area contributed by atoms with Crippen molar-refractivity contribution in [1.82, 2.24) is 19.1 Å². The maximum Gasteiger partial charge on any atom is 0.407 e. The Hall–Kier alpha value is -1.95. The third-order valence-corrected chi connectivity index (χ3v) is 8.29. The third kappa shape index (κ3) is 3.66. The second-order valence-corrected chi connectivity index (χ2v) is 10.1. The summed E-state index contributed by atoms with van der Waals surface area (Å²) < 4.78 is 28.1. The maximum atomic E-state index is 13.0. The van der Waals surface area contributed by atoms with Gasteiger partial charge in [-0.15, -0.1) is 0 Å². The summed E-state index contributed by atoms with van der Waals surface area (Å²) in [6.07, 6.45) is 0.572. The van der Waals surface area contributed by atoms with E-state index in [-0.39, 0.29) is 15.8 Å². The third-order valence-electron chi connectivity index (χ3n) is 5.55. The van der Waals surface area contributed by atoms with Gasteiger partial charge in [0.25, 0.3) is 0 Å². The second-order valence-electron chi connectivity index (χ2n) is 7.11. The largest absolute Gasteiger partial charge is 0.465 e. The van der Waals surface area contributed by atoms with Crippen LogP contribution in [0.1, 0.15) is 12.8 Å². The maximum absolute atomic E-state index is 13.0. The second kappa shape index (κ2) is 7.47. The molecule has 9 nitrogen and oxygen atoms in total. The molecule has 0 spiro atoms. The predicted molar refractivity (Wildman–Crippen MR) is 105 cm³/mol. The Kier molecular flexibility index (Phi) is 5.17. The summed E-state index contributed by atoms with van der Waals surface area (Å²) in [7, 11) is -3.60. The molecule has 2 aromatic rings. The number of piperidine rings is 1. The Morgan fingerprint density at radius 2 is 1.79 bits per heavy atom. The van der Waals surface area contributed by atoms with Crippen LogP contribution in [0, 0.1) is 0 Å². The van der Waals surface area contributed by atoms with Crippen LogP contribution in [0.2, 0.25) is 0 Å². The van der Waals surface area contributed by atoms with Crippen molar-refractivity contribution in [1.29, 1.82) is 0 Å². The SMILES string of the molecule is O=C(O)N1CCN(C2CCN(S(=O)(=O)c3ccc4[nH]c(=O)sc4c3)CC2)CC1. The molecule has 2 aliphatic rings. The zero-order valence-electron chi connectivity index (χ0n) is 15.2. The summed E-state index contributed by atoms with van der Waals surface area (Å²) in [5, 5.41) is 9.05. The molecule has 1 amide bonds. The molecule has 11 heteroatoms. The number of nitrogens with one attached hydrogen (secondary N) is 1. The van der Waals surface area contributed by atoms with Gasteiger partial charge in [-0.2, -0.15) is 4.31 Å². The summed E-state index contributed by atoms with van der Waals surface area (Å²) >= 11 is 1.00.